The van der Waals surface area contributed by atoms with E-state index in [1.807, 2.05) is 34.1 Å². The lowest BCUT2D eigenvalue weighted by Gasteiger charge is -2.36. The molecule has 4 aromatic heterocycles. The van der Waals surface area contributed by atoms with Crippen LogP contribution in [0.25, 0.3) is 22.0 Å². The zero-order chi connectivity index (χ0) is 20.5. The van der Waals surface area contributed by atoms with E-state index in [9.17, 15) is 4.79 Å². The van der Waals surface area contributed by atoms with Crippen LogP contribution in [0.1, 0.15) is 16.5 Å². The van der Waals surface area contributed by atoms with E-state index in [1.165, 1.54) is 11.3 Å². The molecule has 10 nitrogen and oxygen atoms in total. The number of hydrogen-bond acceptors (Lipinski definition) is 8. The van der Waals surface area contributed by atoms with Crippen LogP contribution >= 0.6 is 11.3 Å². The van der Waals surface area contributed by atoms with Gasteiger partial charge in [-0.15, -0.1) is 11.3 Å². The molecule has 2 N–H and O–H groups in total. The Morgan fingerprint density at radius 1 is 1.37 bits per heavy atom. The first-order valence-corrected chi connectivity index (χ1v) is 10.1. The number of hydrogen-bond donors (Lipinski definition) is 2. The standard InChI is InChI=1S/C19H18N8O2S/c1-29-26-8-13(9-26)27-10-15(17(25-27)14-4-2-3-5-20-14)23-18(28)16-11-30-19(24-16)12-6-21-22-7-12/h2-7,10-11,13H,8-9H2,1H3,(H,21,22)(H,23,28). The third-order valence-electron chi connectivity index (χ3n) is 4.83. The maximum absolute atomic E-state index is 12.9. The van der Waals surface area contributed by atoms with E-state index >= 15 is 0 Å². The first-order chi connectivity index (χ1) is 14.7. The number of nitrogens with zero attached hydrogens (tertiary/aromatic N) is 6. The van der Waals surface area contributed by atoms with Gasteiger partial charge in [-0.05, 0) is 12.1 Å². The summed E-state index contributed by atoms with van der Waals surface area (Å²) in [7, 11) is 1.65. The lowest BCUT2D eigenvalue weighted by atomic mass is 10.2. The second kappa shape index (κ2) is 7.78. The number of aromatic nitrogens is 6. The smallest absolute Gasteiger partial charge is 0.275 e. The van der Waals surface area contributed by atoms with Crippen molar-refractivity contribution in [3.63, 3.8) is 0 Å². The Kier molecular flexibility index (Phi) is 4.83. The fourth-order valence-electron chi connectivity index (χ4n) is 3.16. The SMILES string of the molecule is CON1CC(n2cc(NC(=O)c3csc(-c4cn[nH]c4)n3)c(-c3ccccn3)n2)C1. The van der Waals surface area contributed by atoms with Gasteiger partial charge in [-0.1, -0.05) is 6.07 Å². The lowest BCUT2D eigenvalue weighted by molar-refractivity contribution is -0.194. The number of carbonyl (C=O) groups excluding carboxylic acids is 1. The van der Waals surface area contributed by atoms with Gasteiger partial charge < -0.3 is 10.2 Å². The number of rotatable bonds is 6. The molecule has 1 aliphatic rings. The molecule has 1 aliphatic heterocycles. The predicted molar refractivity (Wildman–Crippen MR) is 111 cm³/mol. The minimum absolute atomic E-state index is 0.171. The Morgan fingerprint density at radius 2 is 2.27 bits per heavy atom. The highest BCUT2D eigenvalue weighted by Gasteiger charge is 2.30. The number of anilines is 1. The van der Waals surface area contributed by atoms with Crippen LogP contribution in [0.5, 0.6) is 0 Å². The zero-order valence-corrected chi connectivity index (χ0v) is 16.8. The minimum atomic E-state index is -0.301. The highest BCUT2D eigenvalue weighted by atomic mass is 32.1. The summed E-state index contributed by atoms with van der Waals surface area (Å²) in [5.74, 6) is -0.301. The van der Waals surface area contributed by atoms with Crippen LogP contribution in [0, 0.1) is 0 Å². The third kappa shape index (κ3) is 3.49. The molecule has 11 heteroatoms. The largest absolute Gasteiger partial charge is 0.317 e. The number of hydroxylamine groups is 2. The summed E-state index contributed by atoms with van der Waals surface area (Å²) >= 11 is 1.39. The molecule has 152 valence electrons. The molecule has 0 spiro atoms. The van der Waals surface area contributed by atoms with Gasteiger partial charge in [-0.2, -0.15) is 15.3 Å². The maximum Gasteiger partial charge on any atom is 0.275 e. The average molecular weight is 422 g/mol. The number of amides is 1. The number of H-pyrrole nitrogens is 1. The van der Waals surface area contributed by atoms with Gasteiger partial charge in [0.05, 0.1) is 30.7 Å². The first-order valence-electron chi connectivity index (χ1n) is 9.27. The maximum atomic E-state index is 12.9. The van der Waals surface area contributed by atoms with Crippen LogP contribution in [0.4, 0.5) is 5.69 Å². The highest BCUT2D eigenvalue weighted by Crippen LogP contribution is 2.30. The van der Waals surface area contributed by atoms with Crippen molar-refractivity contribution in [2.45, 2.75) is 6.04 Å². The molecular weight excluding hydrogens is 404 g/mol. The molecule has 5 rings (SSSR count). The van der Waals surface area contributed by atoms with Crippen molar-refractivity contribution in [2.24, 2.45) is 0 Å². The Morgan fingerprint density at radius 3 is 3.00 bits per heavy atom. The van der Waals surface area contributed by atoms with Gasteiger partial charge in [0.1, 0.15) is 16.4 Å². The normalized spacial score (nSPS) is 14.6. The average Bonchev–Trinajstić information content (AvgIpc) is 3.48. The van der Waals surface area contributed by atoms with E-state index in [2.05, 4.69) is 25.5 Å². The van der Waals surface area contributed by atoms with Crippen LogP contribution in [0.3, 0.4) is 0 Å². The summed E-state index contributed by atoms with van der Waals surface area (Å²) in [5, 5.41) is 18.6. The van der Waals surface area contributed by atoms with Crippen molar-refractivity contribution in [2.75, 3.05) is 25.5 Å². The topological polar surface area (TPSA) is 114 Å². The summed E-state index contributed by atoms with van der Waals surface area (Å²) < 4.78 is 1.85. The predicted octanol–water partition coefficient (Wildman–Crippen LogP) is 2.46. The van der Waals surface area contributed by atoms with E-state index in [0.29, 0.717) is 22.8 Å². The molecule has 30 heavy (non-hydrogen) atoms. The lowest BCUT2D eigenvalue weighted by Crippen LogP contribution is -2.46. The zero-order valence-electron chi connectivity index (χ0n) is 16.0. The van der Waals surface area contributed by atoms with E-state index in [-0.39, 0.29) is 11.9 Å². The molecule has 0 aromatic carbocycles. The number of aromatic amines is 1. The highest BCUT2D eigenvalue weighted by molar-refractivity contribution is 7.13. The van der Waals surface area contributed by atoms with Crippen LogP contribution in [-0.4, -0.2) is 61.1 Å². The number of carbonyl (C=O) groups is 1. The molecule has 1 saturated heterocycles. The van der Waals surface area contributed by atoms with Gasteiger partial charge in [-0.3, -0.25) is 19.6 Å². The molecule has 0 unspecified atom stereocenters. The van der Waals surface area contributed by atoms with E-state index in [1.54, 1.807) is 31.1 Å². The van der Waals surface area contributed by atoms with Gasteiger partial charge in [0.15, 0.2) is 0 Å². The molecule has 5 heterocycles. The fourth-order valence-corrected chi connectivity index (χ4v) is 3.94. The van der Waals surface area contributed by atoms with Gasteiger partial charge >= 0.3 is 0 Å². The van der Waals surface area contributed by atoms with Crippen molar-refractivity contribution in [3.05, 3.63) is 54.1 Å². The fraction of sp³-hybridized carbons (Fsp3) is 0.211. The van der Waals surface area contributed by atoms with E-state index in [0.717, 1.165) is 23.7 Å². The molecule has 0 bridgehead atoms. The molecule has 4 aromatic rings. The van der Waals surface area contributed by atoms with Crippen molar-refractivity contribution in [1.29, 1.82) is 0 Å². The van der Waals surface area contributed by atoms with Crippen LogP contribution in [0.15, 0.2) is 48.4 Å². The van der Waals surface area contributed by atoms with Gasteiger partial charge in [0.25, 0.3) is 5.91 Å². The Balaban J connectivity index is 1.41. The van der Waals surface area contributed by atoms with Crippen molar-refractivity contribution in [1.82, 2.24) is 35.0 Å². The van der Waals surface area contributed by atoms with Crippen molar-refractivity contribution >= 4 is 22.9 Å². The number of pyridine rings is 1. The molecule has 0 radical (unpaired) electrons. The van der Waals surface area contributed by atoms with Crippen molar-refractivity contribution in [3.8, 4) is 22.0 Å². The molecule has 0 atom stereocenters. The molecule has 1 amide bonds. The van der Waals surface area contributed by atoms with E-state index < -0.39 is 0 Å². The monoisotopic (exact) mass is 422 g/mol. The van der Waals surface area contributed by atoms with Crippen LogP contribution in [-0.2, 0) is 4.84 Å². The van der Waals surface area contributed by atoms with Gasteiger partial charge in [-0.25, -0.2) is 4.98 Å². The molecule has 1 fully saturated rings. The summed E-state index contributed by atoms with van der Waals surface area (Å²) in [6, 6.07) is 5.77. The summed E-state index contributed by atoms with van der Waals surface area (Å²) in [6.45, 7) is 1.46. The summed E-state index contributed by atoms with van der Waals surface area (Å²) in [4.78, 5) is 26.9. The Labute approximate surface area is 175 Å². The summed E-state index contributed by atoms with van der Waals surface area (Å²) in [5.41, 5.74) is 3.07. The number of nitrogens with one attached hydrogen (secondary N) is 2. The van der Waals surface area contributed by atoms with Gasteiger partial charge in [0.2, 0.25) is 0 Å². The quantitative estimate of drug-likeness (QED) is 0.491. The Hall–Kier alpha value is -3.41. The van der Waals surface area contributed by atoms with Crippen LogP contribution < -0.4 is 5.32 Å². The van der Waals surface area contributed by atoms with Gasteiger partial charge in [0, 0.05) is 42.6 Å². The number of thiazole rings is 1. The molecule has 0 saturated carbocycles. The second-order valence-electron chi connectivity index (χ2n) is 6.75. The summed E-state index contributed by atoms with van der Waals surface area (Å²) in [6.07, 6.45) is 6.95. The van der Waals surface area contributed by atoms with Crippen molar-refractivity contribution < 1.29 is 9.63 Å². The first kappa shape index (κ1) is 18.6. The Bertz CT molecular complexity index is 1150. The minimum Gasteiger partial charge on any atom is -0.317 e. The third-order valence-corrected chi connectivity index (χ3v) is 5.72. The van der Waals surface area contributed by atoms with E-state index in [4.69, 9.17) is 9.94 Å². The second-order valence-corrected chi connectivity index (χ2v) is 7.61. The molecule has 0 aliphatic carbocycles. The molecular formula is C19H18N8O2S. The van der Waals surface area contributed by atoms with Crippen LogP contribution in [0.2, 0.25) is 0 Å².